The van der Waals surface area contributed by atoms with Crippen LogP contribution < -0.4 is 0 Å². The van der Waals surface area contributed by atoms with Crippen LogP contribution in [0.25, 0.3) is 0 Å². The molecule has 0 aromatic rings. The van der Waals surface area contributed by atoms with Crippen LogP contribution in [0.3, 0.4) is 0 Å². The van der Waals surface area contributed by atoms with E-state index in [4.69, 9.17) is 0 Å². The lowest BCUT2D eigenvalue weighted by Gasteiger charge is -2.12. The molecular formula is C9H22. The average Bonchev–Trinajstić information content (AvgIpc) is 1.67. The predicted octanol–water partition coefficient (Wildman–Crippen LogP) is 3.71. The number of hydrogen-bond acceptors (Lipinski definition) is 0. The molecule has 0 nitrogen and oxygen atoms in total. The van der Waals surface area contributed by atoms with Crippen LogP contribution in [0.4, 0.5) is 0 Å². The molecule has 0 aliphatic heterocycles. The van der Waals surface area contributed by atoms with Gasteiger partial charge in [0.25, 0.3) is 0 Å². The Balaban J connectivity index is 0. The van der Waals surface area contributed by atoms with E-state index in [2.05, 4.69) is 27.7 Å². The van der Waals surface area contributed by atoms with Crippen LogP contribution in [0.1, 0.15) is 48.0 Å². The van der Waals surface area contributed by atoms with Crippen molar-refractivity contribution in [1.29, 1.82) is 0 Å². The van der Waals surface area contributed by atoms with Gasteiger partial charge in [-0.25, -0.2) is 0 Å². The molecule has 58 valence electrons. The molecule has 0 aliphatic rings. The lowest BCUT2D eigenvalue weighted by atomic mass is 9.94. The quantitative estimate of drug-likeness (QED) is 0.546. The Morgan fingerprint density at radius 1 is 1.11 bits per heavy atom. The molecule has 0 fully saturated rings. The van der Waals surface area contributed by atoms with Crippen molar-refractivity contribution in [2.75, 3.05) is 0 Å². The maximum atomic E-state index is 2.33. The van der Waals surface area contributed by atoms with Gasteiger partial charge in [0.2, 0.25) is 0 Å². The summed E-state index contributed by atoms with van der Waals surface area (Å²) in [7, 11) is 0. The summed E-state index contributed by atoms with van der Waals surface area (Å²) in [6.45, 7) is 9.16. The lowest BCUT2D eigenvalue weighted by Crippen LogP contribution is -2.02. The van der Waals surface area contributed by atoms with Crippen LogP contribution in [0.5, 0.6) is 0 Å². The molecular weight excluding hydrogens is 108 g/mol. The monoisotopic (exact) mass is 130 g/mol. The maximum absolute atomic E-state index is 2.33. The highest BCUT2D eigenvalue weighted by molar-refractivity contribution is 4.54. The summed E-state index contributed by atoms with van der Waals surface area (Å²) >= 11 is 0. The standard InChI is InChI=1S/C8H18.CH4/c1-5-6-8(4)7(2)3;/h7-8H,5-6H2,1-4H3;1H4/t8-;/m0./s1. The zero-order valence-corrected chi connectivity index (χ0v) is 6.57. The molecule has 0 N–H and O–H groups in total. The van der Waals surface area contributed by atoms with Crippen LogP contribution in [0, 0.1) is 11.8 Å². The van der Waals surface area contributed by atoms with Crippen molar-refractivity contribution in [3.8, 4) is 0 Å². The van der Waals surface area contributed by atoms with Gasteiger partial charge in [0.1, 0.15) is 0 Å². The Morgan fingerprint density at radius 3 is 1.67 bits per heavy atom. The third-order valence-electron chi connectivity index (χ3n) is 1.88. The van der Waals surface area contributed by atoms with Crippen LogP contribution in [0.2, 0.25) is 0 Å². The summed E-state index contributed by atoms with van der Waals surface area (Å²) in [6, 6.07) is 0. The molecule has 0 unspecified atom stereocenters. The topological polar surface area (TPSA) is 0 Å². The maximum Gasteiger partial charge on any atom is -0.0420 e. The van der Waals surface area contributed by atoms with E-state index in [1.165, 1.54) is 12.8 Å². The first-order valence-corrected chi connectivity index (χ1v) is 3.68. The fourth-order valence-electron chi connectivity index (χ4n) is 0.789. The first-order valence-electron chi connectivity index (χ1n) is 3.68. The highest BCUT2D eigenvalue weighted by atomic mass is 14.1. The zero-order valence-electron chi connectivity index (χ0n) is 6.57. The Bertz CT molecular complexity index is 46.0. The smallest absolute Gasteiger partial charge is 0.0420 e. The van der Waals surface area contributed by atoms with E-state index in [1.807, 2.05) is 0 Å². The minimum atomic E-state index is 0. The van der Waals surface area contributed by atoms with E-state index in [9.17, 15) is 0 Å². The van der Waals surface area contributed by atoms with Crippen molar-refractivity contribution in [3.05, 3.63) is 0 Å². The molecule has 0 amide bonds. The summed E-state index contributed by atoms with van der Waals surface area (Å²) in [6.07, 6.45) is 2.72. The molecule has 0 aromatic carbocycles. The summed E-state index contributed by atoms with van der Waals surface area (Å²) < 4.78 is 0. The van der Waals surface area contributed by atoms with Gasteiger partial charge in [0.15, 0.2) is 0 Å². The van der Waals surface area contributed by atoms with Gasteiger partial charge in [0.05, 0.1) is 0 Å². The second-order valence-corrected chi connectivity index (χ2v) is 3.01. The van der Waals surface area contributed by atoms with Gasteiger partial charge in [-0.3, -0.25) is 0 Å². The molecule has 0 rings (SSSR count). The minimum absolute atomic E-state index is 0. The molecule has 9 heavy (non-hydrogen) atoms. The second kappa shape index (κ2) is 6.12. The van der Waals surface area contributed by atoms with Crippen molar-refractivity contribution in [2.45, 2.75) is 48.0 Å². The summed E-state index contributed by atoms with van der Waals surface area (Å²) in [4.78, 5) is 0. The van der Waals surface area contributed by atoms with Crippen LogP contribution in [0.15, 0.2) is 0 Å². The Morgan fingerprint density at radius 2 is 1.56 bits per heavy atom. The fourth-order valence-corrected chi connectivity index (χ4v) is 0.789. The van der Waals surface area contributed by atoms with Crippen LogP contribution in [-0.4, -0.2) is 0 Å². The summed E-state index contributed by atoms with van der Waals surface area (Å²) in [5.74, 6) is 1.79. The largest absolute Gasteiger partial charge is 0.0776 e. The average molecular weight is 130 g/mol. The number of rotatable bonds is 3. The van der Waals surface area contributed by atoms with Gasteiger partial charge in [-0.1, -0.05) is 48.0 Å². The Hall–Kier alpha value is 0. The minimum Gasteiger partial charge on any atom is -0.0776 e. The van der Waals surface area contributed by atoms with Crippen molar-refractivity contribution in [2.24, 2.45) is 11.8 Å². The van der Waals surface area contributed by atoms with Crippen molar-refractivity contribution >= 4 is 0 Å². The molecule has 0 heterocycles. The third-order valence-corrected chi connectivity index (χ3v) is 1.88. The lowest BCUT2D eigenvalue weighted by molar-refractivity contribution is 0.389. The van der Waals surface area contributed by atoms with Crippen molar-refractivity contribution < 1.29 is 0 Å². The molecule has 1 atom stereocenters. The SMILES string of the molecule is C.CCC[C@H](C)C(C)C. The van der Waals surface area contributed by atoms with Crippen LogP contribution >= 0.6 is 0 Å². The van der Waals surface area contributed by atoms with Gasteiger partial charge >= 0.3 is 0 Å². The van der Waals surface area contributed by atoms with Crippen molar-refractivity contribution in [3.63, 3.8) is 0 Å². The second-order valence-electron chi connectivity index (χ2n) is 3.01. The van der Waals surface area contributed by atoms with Gasteiger partial charge in [0, 0.05) is 0 Å². The molecule has 0 saturated heterocycles. The van der Waals surface area contributed by atoms with E-state index >= 15 is 0 Å². The van der Waals surface area contributed by atoms with Gasteiger partial charge in [-0.05, 0) is 11.8 Å². The van der Waals surface area contributed by atoms with E-state index in [-0.39, 0.29) is 7.43 Å². The van der Waals surface area contributed by atoms with Gasteiger partial charge in [-0.2, -0.15) is 0 Å². The van der Waals surface area contributed by atoms with E-state index in [0.29, 0.717) is 0 Å². The Kier molecular flexibility index (Phi) is 8.00. The van der Waals surface area contributed by atoms with Gasteiger partial charge in [-0.15, -0.1) is 0 Å². The van der Waals surface area contributed by atoms with Crippen molar-refractivity contribution in [1.82, 2.24) is 0 Å². The first kappa shape index (κ1) is 11.8. The molecule has 0 heteroatoms. The van der Waals surface area contributed by atoms with Gasteiger partial charge < -0.3 is 0 Å². The van der Waals surface area contributed by atoms with E-state index < -0.39 is 0 Å². The molecule has 0 aliphatic carbocycles. The molecule has 0 radical (unpaired) electrons. The number of hydrogen-bond donors (Lipinski definition) is 0. The highest BCUT2D eigenvalue weighted by Crippen LogP contribution is 2.14. The predicted molar refractivity (Wildman–Crippen MR) is 45.6 cm³/mol. The van der Waals surface area contributed by atoms with Crippen LogP contribution in [-0.2, 0) is 0 Å². The normalized spacial score (nSPS) is 13.0. The fraction of sp³-hybridized carbons (Fsp3) is 1.00. The summed E-state index contributed by atoms with van der Waals surface area (Å²) in [5.41, 5.74) is 0. The molecule has 0 spiro atoms. The van der Waals surface area contributed by atoms with E-state index in [0.717, 1.165) is 11.8 Å². The van der Waals surface area contributed by atoms with E-state index in [1.54, 1.807) is 0 Å². The molecule has 0 aromatic heterocycles. The zero-order chi connectivity index (χ0) is 6.57. The molecule has 0 saturated carbocycles. The Labute approximate surface area is 60.7 Å². The third kappa shape index (κ3) is 5.88. The summed E-state index contributed by atoms with van der Waals surface area (Å²) in [5, 5.41) is 0. The molecule has 0 bridgehead atoms. The highest BCUT2D eigenvalue weighted by Gasteiger charge is 2.03. The first-order chi connectivity index (χ1) is 3.68.